The number of carbonyl (C=O) groups excluding carboxylic acids is 1. The lowest BCUT2D eigenvalue weighted by Crippen LogP contribution is -2.58. The van der Waals surface area contributed by atoms with Crippen LogP contribution in [0.1, 0.15) is 17.3 Å². The molecule has 1 amide bonds. The van der Waals surface area contributed by atoms with E-state index < -0.39 is 40.6 Å². The minimum Gasteiger partial charge on any atom is -0.395 e. The van der Waals surface area contributed by atoms with Gasteiger partial charge in [-0.2, -0.15) is 17.4 Å². The first-order valence-electron chi connectivity index (χ1n) is 8.01. The molecule has 0 saturated carbocycles. The van der Waals surface area contributed by atoms with E-state index in [0.29, 0.717) is 0 Å². The summed E-state index contributed by atoms with van der Waals surface area (Å²) in [5, 5.41) is 13.5. The second-order valence-electron chi connectivity index (χ2n) is 5.89. The van der Waals surface area contributed by atoms with Crippen molar-refractivity contribution < 1.29 is 22.7 Å². The summed E-state index contributed by atoms with van der Waals surface area (Å²) in [7, 11) is -3.98. The number of benzene rings is 1. The van der Waals surface area contributed by atoms with Crippen LogP contribution < -0.4 is 10.0 Å². The van der Waals surface area contributed by atoms with Crippen LogP contribution in [0.25, 0.3) is 0 Å². The van der Waals surface area contributed by atoms with E-state index in [-0.39, 0.29) is 23.7 Å². The van der Waals surface area contributed by atoms with Gasteiger partial charge in [0.25, 0.3) is 10.2 Å². The predicted molar refractivity (Wildman–Crippen MR) is 101 cm³/mol. The summed E-state index contributed by atoms with van der Waals surface area (Å²) < 4.78 is 42.0. The molecule has 3 rings (SSSR count). The maximum Gasteiger partial charge on any atom is 0.280 e. The third kappa shape index (κ3) is 4.48. The van der Waals surface area contributed by atoms with Crippen LogP contribution >= 0.6 is 22.9 Å². The van der Waals surface area contributed by atoms with Crippen LogP contribution in [0.5, 0.6) is 0 Å². The van der Waals surface area contributed by atoms with Crippen LogP contribution in [0.4, 0.5) is 10.1 Å². The van der Waals surface area contributed by atoms with Gasteiger partial charge < -0.3 is 10.4 Å². The molecule has 0 radical (unpaired) electrons. The molecule has 0 aliphatic carbocycles. The lowest BCUT2D eigenvalue weighted by Gasteiger charge is -2.37. The number of aliphatic hydroxyl groups is 1. The van der Waals surface area contributed by atoms with Gasteiger partial charge in [-0.05, 0) is 36.1 Å². The Bertz CT molecular complexity index is 924. The topological polar surface area (TPSA) is 98.7 Å². The molecular formula is C16H17ClFN3O4S2. The third-order valence-corrected chi connectivity index (χ3v) is 7.02. The Kier molecular flexibility index (Phi) is 6.14. The van der Waals surface area contributed by atoms with E-state index in [9.17, 15) is 22.7 Å². The Morgan fingerprint density at radius 3 is 2.85 bits per heavy atom. The fraction of sp³-hybridized carbons (Fsp3) is 0.312. The monoisotopic (exact) mass is 433 g/mol. The minimum absolute atomic E-state index is 0.158. The number of hydrogen-bond donors (Lipinski definition) is 3. The van der Waals surface area contributed by atoms with Gasteiger partial charge in [0.05, 0.1) is 17.7 Å². The van der Waals surface area contributed by atoms with Crippen LogP contribution in [-0.2, 0) is 15.0 Å². The average molecular weight is 434 g/mol. The van der Waals surface area contributed by atoms with Crippen LogP contribution in [0.15, 0.2) is 35.7 Å². The van der Waals surface area contributed by atoms with Crippen LogP contribution in [-0.4, -0.2) is 42.9 Å². The van der Waals surface area contributed by atoms with Gasteiger partial charge in [0.15, 0.2) is 0 Å². The largest absolute Gasteiger partial charge is 0.395 e. The Morgan fingerprint density at radius 2 is 2.22 bits per heavy atom. The Morgan fingerprint density at radius 1 is 1.44 bits per heavy atom. The van der Waals surface area contributed by atoms with Crippen molar-refractivity contribution in [2.75, 3.05) is 18.5 Å². The van der Waals surface area contributed by atoms with Crippen LogP contribution in [0, 0.1) is 5.82 Å². The number of aliphatic hydroxyl groups excluding tert-OH is 1. The smallest absolute Gasteiger partial charge is 0.280 e. The number of hydrogen-bond acceptors (Lipinski definition) is 5. The van der Waals surface area contributed by atoms with Crippen LogP contribution in [0.2, 0.25) is 5.02 Å². The number of halogens is 2. The van der Waals surface area contributed by atoms with Crippen molar-refractivity contribution in [2.24, 2.45) is 0 Å². The summed E-state index contributed by atoms with van der Waals surface area (Å²) in [6, 6.07) is 5.67. The number of nitrogens with one attached hydrogen (secondary N) is 2. The summed E-state index contributed by atoms with van der Waals surface area (Å²) in [4.78, 5) is 13.6. The Hall–Kier alpha value is -1.56. The van der Waals surface area contributed by atoms with Crippen molar-refractivity contribution in [3.8, 4) is 0 Å². The quantitative estimate of drug-likeness (QED) is 0.672. The molecule has 1 aromatic carbocycles. The summed E-state index contributed by atoms with van der Waals surface area (Å²) in [5.41, 5.74) is 0.249. The third-order valence-electron chi connectivity index (χ3n) is 4.10. The van der Waals surface area contributed by atoms with E-state index in [1.165, 1.54) is 23.5 Å². The fourth-order valence-electron chi connectivity index (χ4n) is 2.88. The lowest BCUT2D eigenvalue weighted by atomic mass is 10.0. The summed E-state index contributed by atoms with van der Waals surface area (Å²) in [5.74, 6) is -1.21. The first-order valence-corrected chi connectivity index (χ1v) is 10.7. The van der Waals surface area contributed by atoms with E-state index in [0.717, 1.165) is 15.2 Å². The highest BCUT2D eigenvalue weighted by Gasteiger charge is 2.42. The molecule has 0 bridgehead atoms. The van der Waals surface area contributed by atoms with E-state index >= 15 is 0 Å². The highest BCUT2D eigenvalue weighted by atomic mass is 35.5. The normalized spacial score (nSPS) is 22.5. The number of anilines is 1. The van der Waals surface area contributed by atoms with Crippen molar-refractivity contribution in [3.63, 3.8) is 0 Å². The molecule has 0 unspecified atom stereocenters. The zero-order chi connectivity index (χ0) is 19.6. The Balaban J connectivity index is 1.87. The average Bonchev–Trinajstić information content (AvgIpc) is 3.14. The molecule has 3 N–H and O–H groups in total. The number of carbonyl (C=O) groups is 1. The van der Waals surface area contributed by atoms with Crippen molar-refractivity contribution in [2.45, 2.75) is 18.5 Å². The fourth-order valence-corrected chi connectivity index (χ4v) is 5.48. The Labute approximate surface area is 164 Å². The van der Waals surface area contributed by atoms with E-state index in [2.05, 4.69) is 10.0 Å². The molecule has 0 spiro atoms. The molecule has 11 heteroatoms. The summed E-state index contributed by atoms with van der Waals surface area (Å²) >= 11 is 7.10. The van der Waals surface area contributed by atoms with E-state index in [1.54, 1.807) is 12.1 Å². The number of nitrogens with zero attached hydrogens (tertiary/aromatic N) is 1. The highest BCUT2D eigenvalue weighted by molar-refractivity contribution is 7.87. The SMILES string of the molecule is O=C(Nc1ccc(F)c(Cl)c1)[C@H]1C[C@@H](c2cccs2)NS(=O)(=O)N1CCO. The highest BCUT2D eigenvalue weighted by Crippen LogP contribution is 2.31. The van der Waals surface area contributed by atoms with Crippen molar-refractivity contribution >= 4 is 44.7 Å². The van der Waals surface area contributed by atoms with Gasteiger partial charge in [0, 0.05) is 17.1 Å². The van der Waals surface area contributed by atoms with E-state index in [4.69, 9.17) is 11.6 Å². The molecule has 27 heavy (non-hydrogen) atoms. The number of rotatable bonds is 5. The second kappa shape index (κ2) is 8.21. The second-order valence-corrected chi connectivity index (χ2v) is 8.94. The van der Waals surface area contributed by atoms with Gasteiger partial charge in [-0.15, -0.1) is 11.3 Å². The van der Waals surface area contributed by atoms with E-state index in [1.807, 2.05) is 5.38 Å². The minimum atomic E-state index is -3.98. The molecule has 1 aliphatic rings. The number of thiophene rings is 1. The lowest BCUT2D eigenvalue weighted by molar-refractivity contribution is -0.120. The molecule has 1 aromatic heterocycles. The van der Waals surface area contributed by atoms with Crippen molar-refractivity contribution in [1.29, 1.82) is 0 Å². The standard InChI is InChI=1S/C16H17ClFN3O4S2/c17-11-8-10(3-4-12(11)18)19-16(23)14-9-13(15-2-1-7-26-15)20-27(24,25)21(14)5-6-22/h1-4,7-8,13-14,20,22H,5-6,9H2,(H,19,23)/t13-,14+/m0/s1. The molecule has 1 aliphatic heterocycles. The van der Waals surface area contributed by atoms with Crippen molar-refractivity contribution in [3.05, 3.63) is 51.4 Å². The van der Waals surface area contributed by atoms with Gasteiger partial charge in [-0.1, -0.05) is 17.7 Å². The number of amides is 1. The molecule has 1 saturated heterocycles. The summed E-state index contributed by atoms with van der Waals surface area (Å²) in [6.45, 7) is -0.661. The van der Waals surface area contributed by atoms with Gasteiger partial charge in [0.2, 0.25) is 5.91 Å². The van der Waals surface area contributed by atoms with Gasteiger partial charge in [0.1, 0.15) is 11.9 Å². The summed E-state index contributed by atoms with van der Waals surface area (Å²) in [6.07, 6.45) is 0.181. The maximum atomic E-state index is 13.3. The zero-order valence-electron chi connectivity index (χ0n) is 13.9. The molecule has 2 atom stereocenters. The zero-order valence-corrected chi connectivity index (χ0v) is 16.3. The molecule has 2 heterocycles. The van der Waals surface area contributed by atoms with Gasteiger partial charge >= 0.3 is 0 Å². The van der Waals surface area contributed by atoms with Crippen LogP contribution in [0.3, 0.4) is 0 Å². The first kappa shape index (κ1) is 20.2. The molecule has 1 fully saturated rings. The van der Waals surface area contributed by atoms with Crippen molar-refractivity contribution in [1.82, 2.24) is 9.03 Å². The predicted octanol–water partition coefficient (Wildman–Crippen LogP) is 2.12. The molecular weight excluding hydrogens is 417 g/mol. The van der Waals surface area contributed by atoms with Gasteiger partial charge in [-0.3, -0.25) is 4.79 Å². The van der Waals surface area contributed by atoms with Gasteiger partial charge in [-0.25, -0.2) is 4.39 Å². The molecule has 146 valence electrons. The number of β-amino-alcohol motifs (C(OH)–C–C–N with tert-alkyl or cyclic N) is 1. The molecule has 2 aromatic rings. The maximum absolute atomic E-state index is 13.3. The molecule has 7 nitrogen and oxygen atoms in total. The first-order chi connectivity index (χ1) is 12.8.